The molecule has 0 amide bonds. The van der Waals surface area contributed by atoms with Crippen LogP contribution in [0.1, 0.15) is 6.42 Å². The fourth-order valence-electron chi connectivity index (χ4n) is 2.34. The van der Waals surface area contributed by atoms with Crippen molar-refractivity contribution in [2.45, 2.75) is 17.4 Å². The molecule has 1 fully saturated rings. The van der Waals surface area contributed by atoms with E-state index in [2.05, 4.69) is 4.98 Å². The maximum absolute atomic E-state index is 12.5. The molecule has 1 aliphatic rings. The van der Waals surface area contributed by atoms with Crippen molar-refractivity contribution in [2.24, 2.45) is 5.73 Å². The van der Waals surface area contributed by atoms with Crippen molar-refractivity contribution in [2.75, 3.05) is 13.1 Å². The minimum absolute atomic E-state index is 0. The molecule has 2 N–H and O–H groups in total. The Bertz CT molecular complexity index is 724. The zero-order valence-corrected chi connectivity index (χ0v) is 13.6. The van der Waals surface area contributed by atoms with Gasteiger partial charge in [0.05, 0.1) is 4.90 Å². The molecule has 0 saturated carbocycles. The number of nitrogens with zero attached hydrogens (tertiary/aromatic N) is 2. The van der Waals surface area contributed by atoms with Crippen molar-refractivity contribution in [1.82, 2.24) is 9.29 Å². The molecule has 1 unspecified atom stereocenters. The Morgan fingerprint density at radius 2 is 1.95 bits per heavy atom. The molecule has 0 aliphatic carbocycles. The third-order valence-corrected chi connectivity index (χ3v) is 5.30. The fraction of sp³-hybridized carbons (Fsp3) is 0.308. The van der Waals surface area contributed by atoms with E-state index in [-0.39, 0.29) is 30.9 Å². The van der Waals surface area contributed by atoms with E-state index >= 15 is 0 Å². The average molecular weight is 350 g/mol. The molecule has 5 nitrogen and oxygen atoms in total. The molecule has 1 aromatic carbocycles. The number of hydrogen-bond acceptors (Lipinski definition) is 4. The first-order valence-electron chi connectivity index (χ1n) is 6.17. The first kappa shape index (κ1) is 18.1. The highest BCUT2D eigenvalue weighted by Gasteiger charge is 2.30. The number of hydrogen-bond donors (Lipinski definition) is 1. The topological polar surface area (TPSA) is 76.3 Å². The number of aromatic nitrogens is 1. The summed E-state index contributed by atoms with van der Waals surface area (Å²) in [4.78, 5) is 4.34. The number of sulfonamides is 1. The molecule has 2 heterocycles. The molecule has 0 spiro atoms. The van der Waals surface area contributed by atoms with Gasteiger partial charge in [-0.15, -0.1) is 24.8 Å². The molecule has 1 saturated heterocycles. The monoisotopic (exact) mass is 349 g/mol. The summed E-state index contributed by atoms with van der Waals surface area (Å²) in [6.07, 6.45) is 4.10. The number of rotatable bonds is 2. The summed E-state index contributed by atoms with van der Waals surface area (Å²) in [7, 11) is -3.43. The smallest absolute Gasteiger partial charge is 0.243 e. The van der Waals surface area contributed by atoms with Crippen LogP contribution in [0.25, 0.3) is 10.8 Å². The summed E-state index contributed by atoms with van der Waals surface area (Å²) in [5.41, 5.74) is 5.78. The molecule has 116 valence electrons. The van der Waals surface area contributed by atoms with Crippen LogP contribution in [-0.4, -0.2) is 36.8 Å². The maximum Gasteiger partial charge on any atom is 0.243 e. The summed E-state index contributed by atoms with van der Waals surface area (Å²) in [6.45, 7) is 0.897. The maximum atomic E-state index is 12.5. The van der Waals surface area contributed by atoms with Crippen molar-refractivity contribution in [3.63, 3.8) is 0 Å². The van der Waals surface area contributed by atoms with Crippen LogP contribution >= 0.6 is 24.8 Å². The second-order valence-corrected chi connectivity index (χ2v) is 6.73. The number of pyridine rings is 1. The van der Waals surface area contributed by atoms with E-state index in [9.17, 15) is 8.42 Å². The van der Waals surface area contributed by atoms with E-state index in [0.717, 1.165) is 17.2 Å². The molecule has 0 bridgehead atoms. The molecular weight excluding hydrogens is 333 g/mol. The number of nitrogens with two attached hydrogens (primary N) is 1. The van der Waals surface area contributed by atoms with Gasteiger partial charge in [0.2, 0.25) is 10.0 Å². The predicted octanol–water partition coefficient (Wildman–Crippen LogP) is 1.80. The Balaban J connectivity index is 0.00000110. The van der Waals surface area contributed by atoms with Gasteiger partial charge in [-0.1, -0.05) is 6.07 Å². The van der Waals surface area contributed by atoms with Gasteiger partial charge in [0.1, 0.15) is 0 Å². The zero-order valence-electron chi connectivity index (χ0n) is 11.2. The van der Waals surface area contributed by atoms with E-state index in [4.69, 9.17) is 5.73 Å². The van der Waals surface area contributed by atoms with Gasteiger partial charge in [0, 0.05) is 36.9 Å². The second-order valence-electron chi connectivity index (χ2n) is 4.80. The van der Waals surface area contributed by atoms with Gasteiger partial charge in [0.15, 0.2) is 0 Å². The molecule has 21 heavy (non-hydrogen) atoms. The lowest BCUT2D eigenvalue weighted by Gasteiger charge is -2.16. The van der Waals surface area contributed by atoms with Crippen LogP contribution in [0.2, 0.25) is 0 Å². The number of benzene rings is 1. The van der Waals surface area contributed by atoms with Crippen LogP contribution < -0.4 is 5.73 Å². The van der Waals surface area contributed by atoms with Crippen LogP contribution in [0, 0.1) is 0 Å². The van der Waals surface area contributed by atoms with Crippen molar-refractivity contribution in [1.29, 1.82) is 0 Å². The van der Waals surface area contributed by atoms with Crippen molar-refractivity contribution < 1.29 is 8.42 Å². The van der Waals surface area contributed by atoms with E-state index in [1.54, 1.807) is 30.6 Å². The van der Waals surface area contributed by atoms with E-state index in [1.165, 1.54) is 4.31 Å². The standard InChI is InChI=1S/C13H15N3O2S.2ClH/c14-12-4-6-16(9-12)19(17,18)13-2-1-11-8-15-5-3-10(11)7-13;;/h1-3,5,7-8,12H,4,6,9,14H2;2*1H. The lowest BCUT2D eigenvalue weighted by molar-refractivity contribution is 0.472. The second kappa shape index (κ2) is 6.89. The van der Waals surface area contributed by atoms with Gasteiger partial charge in [-0.05, 0) is 30.0 Å². The highest BCUT2D eigenvalue weighted by Crippen LogP contribution is 2.23. The Hall–Kier alpha value is -0.920. The number of halogens is 2. The van der Waals surface area contributed by atoms with Gasteiger partial charge >= 0.3 is 0 Å². The highest BCUT2D eigenvalue weighted by molar-refractivity contribution is 7.89. The molecular formula is C13H17Cl2N3O2S. The quantitative estimate of drug-likeness (QED) is 0.896. The Morgan fingerprint density at radius 1 is 1.19 bits per heavy atom. The molecule has 1 aromatic heterocycles. The molecule has 0 radical (unpaired) electrons. The molecule has 2 aromatic rings. The van der Waals surface area contributed by atoms with Crippen LogP contribution in [-0.2, 0) is 10.0 Å². The first-order valence-corrected chi connectivity index (χ1v) is 7.61. The Kier molecular flexibility index (Phi) is 5.95. The molecule has 1 atom stereocenters. The minimum Gasteiger partial charge on any atom is -0.326 e. The van der Waals surface area contributed by atoms with E-state index < -0.39 is 10.0 Å². The third-order valence-electron chi connectivity index (χ3n) is 3.44. The lowest BCUT2D eigenvalue weighted by atomic mass is 10.2. The Morgan fingerprint density at radius 3 is 2.62 bits per heavy atom. The minimum atomic E-state index is -3.43. The van der Waals surface area contributed by atoms with E-state index in [0.29, 0.717) is 18.0 Å². The van der Waals surface area contributed by atoms with Crippen LogP contribution in [0.4, 0.5) is 0 Å². The molecule has 1 aliphatic heterocycles. The van der Waals surface area contributed by atoms with E-state index in [1.807, 2.05) is 6.07 Å². The molecule has 8 heteroatoms. The molecule has 3 rings (SSSR count). The first-order chi connectivity index (χ1) is 9.07. The van der Waals surface area contributed by atoms with Gasteiger partial charge in [0.25, 0.3) is 0 Å². The van der Waals surface area contributed by atoms with Gasteiger partial charge in [-0.2, -0.15) is 4.31 Å². The summed E-state index contributed by atoms with van der Waals surface area (Å²) >= 11 is 0. The fourth-order valence-corrected chi connectivity index (χ4v) is 3.89. The average Bonchev–Trinajstić information content (AvgIpc) is 2.85. The van der Waals surface area contributed by atoms with Crippen LogP contribution in [0.15, 0.2) is 41.6 Å². The normalized spacial score (nSPS) is 19.0. The van der Waals surface area contributed by atoms with Crippen LogP contribution in [0.3, 0.4) is 0 Å². The summed E-state index contributed by atoms with van der Waals surface area (Å²) < 4.78 is 26.4. The Labute approximate surface area is 136 Å². The van der Waals surface area contributed by atoms with Gasteiger partial charge < -0.3 is 5.73 Å². The largest absolute Gasteiger partial charge is 0.326 e. The lowest BCUT2D eigenvalue weighted by Crippen LogP contribution is -2.31. The summed E-state index contributed by atoms with van der Waals surface area (Å²) in [6, 6.07) is 6.86. The summed E-state index contributed by atoms with van der Waals surface area (Å²) in [5.74, 6) is 0. The predicted molar refractivity (Wildman–Crippen MR) is 87.6 cm³/mol. The zero-order chi connectivity index (χ0) is 13.5. The van der Waals surface area contributed by atoms with Gasteiger partial charge in [-0.25, -0.2) is 8.42 Å². The third kappa shape index (κ3) is 3.46. The highest BCUT2D eigenvalue weighted by atomic mass is 35.5. The van der Waals surface area contributed by atoms with Crippen molar-refractivity contribution >= 4 is 45.6 Å². The van der Waals surface area contributed by atoms with Crippen molar-refractivity contribution in [3.8, 4) is 0 Å². The van der Waals surface area contributed by atoms with Crippen LogP contribution in [0.5, 0.6) is 0 Å². The number of fused-ring (bicyclic) bond motifs is 1. The summed E-state index contributed by atoms with van der Waals surface area (Å²) in [5, 5.41) is 1.80. The SMILES string of the molecule is Cl.Cl.NC1CCN(S(=O)(=O)c2ccc3cnccc3c2)C1. The van der Waals surface area contributed by atoms with Crippen molar-refractivity contribution in [3.05, 3.63) is 36.7 Å². The van der Waals surface area contributed by atoms with Gasteiger partial charge in [-0.3, -0.25) is 4.98 Å².